The van der Waals surface area contributed by atoms with Crippen molar-refractivity contribution in [2.24, 2.45) is 0 Å². The highest BCUT2D eigenvalue weighted by Crippen LogP contribution is 2.30. The number of nitrogens with zero attached hydrogens (tertiary/aromatic N) is 3. The maximum atomic E-state index is 12.4. The van der Waals surface area contributed by atoms with Gasteiger partial charge in [0.1, 0.15) is 11.0 Å². The van der Waals surface area contributed by atoms with E-state index < -0.39 is 0 Å². The van der Waals surface area contributed by atoms with Crippen molar-refractivity contribution in [3.63, 3.8) is 0 Å². The SMILES string of the molecule is CN1C(=O)Cc2cc(NC(=O)c3ccc4nsnc4c3)ccc21. The third-order valence-corrected chi connectivity index (χ3v) is 4.49. The zero-order valence-electron chi connectivity index (χ0n) is 12.2. The molecule has 1 aromatic heterocycles. The Balaban J connectivity index is 1.59. The van der Waals surface area contributed by atoms with Crippen molar-refractivity contribution in [1.82, 2.24) is 8.75 Å². The molecule has 0 saturated heterocycles. The van der Waals surface area contributed by atoms with Gasteiger partial charge in [-0.3, -0.25) is 9.59 Å². The molecule has 0 fully saturated rings. The average molecular weight is 324 g/mol. The van der Waals surface area contributed by atoms with Crippen LogP contribution in [0, 0.1) is 0 Å². The van der Waals surface area contributed by atoms with E-state index in [0.29, 0.717) is 23.2 Å². The van der Waals surface area contributed by atoms with Gasteiger partial charge in [-0.2, -0.15) is 8.75 Å². The largest absolute Gasteiger partial charge is 0.322 e. The first-order valence-electron chi connectivity index (χ1n) is 7.05. The average Bonchev–Trinajstić information content (AvgIpc) is 3.11. The van der Waals surface area contributed by atoms with Crippen molar-refractivity contribution < 1.29 is 9.59 Å². The fourth-order valence-corrected chi connectivity index (χ4v) is 3.19. The lowest BCUT2D eigenvalue weighted by molar-refractivity contribution is -0.117. The van der Waals surface area contributed by atoms with Crippen LogP contribution in [0.4, 0.5) is 11.4 Å². The highest BCUT2D eigenvalue weighted by molar-refractivity contribution is 7.00. The number of likely N-dealkylation sites (N-methyl/N-ethyl adjacent to an activating group) is 1. The summed E-state index contributed by atoms with van der Waals surface area (Å²) in [4.78, 5) is 25.7. The van der Waals surface area contributed by atoms with Gasteiger partial charge in [0.15, 0.2) is 0 Å². The molecule has 7 heteroatoms. The van der Waals surface area contributed by atoms with Crippen LogP contribution in [0.1, 0.15) is 15.9 Å². The number of fused-ring (bicyclic) bond motifs is 2. The Kier molecular flexibility index (Phi) is 3.09. The number of benzene rings is 2. The third-order valence-electron chi connectivity index (χ3n) is 3.93. The summed E-state index contributed by atoms with van der Waals surface area (Å²) in [6.45, 7) is 0. The zero-order chi connectivity index (χ0) is 16.0. The van der Waals surface area contributed by atoms with E-state index in [1.165, 1.54) is 0 Å². The molecule has 1 aliphatic rings. The Morgan fingerprint density at radius 2 is 2.00 bits per heavy atom. The van der Waals surface area contributed by atoms with E-state index in [9.17, 15) is 9.59 Å². The zero-order valence-corrected chi connectivity index (χ0v) is 13.1. The fourth-order valence-electron chi connectivity index (χ4n) is 2.67. The highest BCUT2D eigenvalue weighted by Gasteiger charge is 2.24. The van der Waals surface area contributed by atoms with E-state index in [4.69, 9.17) is 0 Å². The number of hydrogen-bond donors (Lipinski definition) is 1. The Hall–Kier alpha value is -2.80. The van der Waals surface area contributed by atoms with Gasteiger partial charge in [0.05, 0.1) is 18.1 Å². The van der Waals surface area contributed by atoms with E-state index >= 15 is 0 Å². The van der Waals surface area contributed by atoms with Crippen molar-refractivity contribution in [2.45, 2.75) is 6.42 Å². The van der Waals surface area contributed by atoms with Crippen LogP contribution in [0.2, 0.25) is 0 Å². The predicted molar refractivity (Wildman–Crippen MR) is 88.9 cm³/mol. The standard InChI is InChI=1S/C16H12N4O2S/c1-20-14-5-3-11(6-10(14)8-15(20)21)17-16(22)9-2-4-12-13(7-9)19-23-18-12/h2-7H,8H2,1H3,(H,17,22). The first-order valence-corrected chi connectivity index (χ1v) is 7.78. The van der Waals surface area contributed by atoms with Crippen LogP contribution in [0.5, 0.6) is 0 Å². The quantitative estimate of drug-likeness (QED) is 0.786. The summed E-state index contributed by atoms with van der Waals surface area (Å²) in [5.41, 5.74) is 4.51. The van der Waals surface area contributed by atoms with Crippen molar-refractivity contribution >= 4 is 46.0 Å². The summed E-state index contributed by atoms with van der Waals surface area (Å²) >= 11 is 1.12. The second kappa shape index (κ2) is 5.13. The van der Waals surface area contributed by atoms with E-state index in [2.05, 4.69) is 14.1 Å². The minimum absolute atomic E-state index is 0.0601. The van der Waals surface area contributed by atoms with E-state index in [1.54, 1.807) is 36.2 Å². The minimum atomic E-state index is -0.211. The smallest absolute Gasteiger partial charge is 0.255 e. The molecule has 0 spiro atoms. The monoisotopic (exact) mass is 324 g/mol. The normalized spacial score (nSPS) is 13.4. The van der Waals surface area contributed by atoms with Gasteiger partial charge >= 0.3 is 0 Å². The van der Waals surface area contributed by atoms with Crippen LogP contribution in [0.3, 0.4) is 0 Å². The molecule has 0 aliphatic carbocycles. The number of rotatable bonds is 2. The molecular weight excluding hydrogens is 312 g/mol. The van der Waals surface area contributed by atoms with Gasteiger partial charge in [0.2, 0.25) is 5.91 Å². The van der Waals surface area contributed by atoms with Gasteiger partial charge in [-0.1, -0.05) is 0 Å². The second-order valence-corrected chi connectivity index (χ2v) is 5.92. The van der Waals surface area contributed by atoms with Crippen LogP contribution in [-0.4, -0.2) is 27.6 Å². The summed E-state index contributed by atoms with van der Waals surface area (Å²) in [5.74, 6) is -0.150. The van der Waals surface area contributed by atoms with Crippen LogP contribution >= 0.6 is 11.7 Å². The topological polar surface area (TPSA) is 75.2 Å². The summed E-state index contributed by atoms with van der Waals surface area (Å²) < 4.78 is 8.26. The molecule has 0 saturated carbocycles. The molecule has 2 heterocycles. The molecule has 3 aromatic rings. The number of aromatic nitrogens is 2. The highest BCUT2D eigenvalue weighted by atomic mass is 32.1. The lowest BCUT2D eigenvalue weighted by atomic mass is 10.1. The molecule has 0 radical (unpaired) electrons. The fraction of sp³-hybridized carbons (Fsp3) is 0.125. The van der Waals surface area contributed by atoms with Crippen molar-refractivity contribution in [3.8, 4) is 0 Å². The number of carbonyl (C=O) groups is 2. The van der Waals surface area contributed by atoms with Gasteiger partial charge in [-0.05, 0) is 42.0 Å². The maximum Gasteiger partial charge on any atom is 0.255 e. The molecule has 1 aliphatic heterocycles. The molecule has 2 amide bonds. The van der Waals surface area contributed by atoms with Crippen LogP contribution in [0.15, 0.2) is 36.4 Å². The Morgan fingerprint density at radius 3 is 2.87 bits per heavy atom. The molecule has 23 heavy (non-hydrogen) atoms. The molecule has 0 bridgehead atoms. The molecular formula is C16H12N4O2S. The van der Waals surface area contributed by atoms with Crippen molar-refractivity contribution in [1.29, 1.82) is 0 Å². The predicted octanol–water partition coefficient (Wildman–Crippen LogP) is 2.46. The summed E-state index contributed by atoms with van der Waals surface area (Å²) in [6.07, 6.45) is 0.367. The molecule has 0 unspecified atom stereocenters. The molecule has 114 valence electrons. The Labute approximate surface area is 136 Å². The summed E-state index contributed by atoms with van der Waals surface area (Å²) in [7, 11) is 1.75. The van der Waals surface area contributed by atoms with Crippen molar-refractivity contribution in [3.05, 3.63) is 47.5 Å². The molecule has 0 atom stereocenters. The van der Waals surface area contributed by atoms with Crippen LogP contribution < -0.4 is 10.2 Å². The van der Waals surface area contributed by atoms with Gasteiger partial charge < -0.3 is 10.2 Å². The maximum absolute atomic E-state index is 12.4. The van der Waals surface area contributed by atoms with Gasteiger partial charge in [-0.15, -0.1) is 0 Å². The van der Waals surface area contributed by atoms with Gasteiger partial charge in [-0.25, -0.2) is 0 Å². The number of amides is 2. The number of nitrogens with one attached hydrogen (secondary N) is 1. The second-order valence-electron chi connectivity index (χ2n) is 5.39. The van der Waals surface area contributed by atoms with Gasteiger partial charge in [0.25, 0.3) is 5.91 Å². The molecule has 4 rings (SSSR count). The number of hydrogen-bond acceptors (Lipinski definition) is 5. The van der Waals surface area contributed by atoms with E-state index in [-0.39, 0.29) is 11.8 Å². The minimum Gasteiger partial charge on any atom is -0.322 e. The Bertz CT molecular complexity index is 950. The van der Waals surface area contributed by atoms with Crippen LogP contribution in [0.25, 0.3) is 11.0 Å². The lowest BCUT2D eigenvalue weighted by Crippen LogP contribution is -2.20. The third kappa shape index (κ3) is 2.35. The lowest BCUT2D eigenvalue weighted by Gasteiger charge is -2.11. The summed E-state index contributed by atoms with van der Waals surface area (Å²) in [5, 5.41) is 2.86. The van der Waals surface area contributed by atoms with Gasteiger partial charge in [0, 0.05) is 24.0 Å². The summed E-state index contributed by atoms with van der Waals surface area (Å²) in [6, 6.07) is 10.7. The Morgan fingerprint density at radius 1 is 1.17 bits per heavy atom. The van der Waals surface area contributed by atoms with Crippen molar-refractivity contribution in [2.75, 3.05) is 17.3 Å². The van der Waals surface area contributed by atoms with E-state index in [0.717, 1.165) is 28.5 Å². The number of carbonyl (C=O) groups excluding carboxylic acids is 2. The van der Waals surface area contributed by atoms with E-state index in [1.807, 2.05) is 12.1 Å². The number of anilines is 2. The first-order chi connectivity index (χ1) is 11.1. The van der Waals surface area contributed by atoms with Crippen LogP contribution in [-0.2, 0) is 11.2 Å². The molecule has 2 aromatic carbocycles. The molecule has 1 N–H and O–H groups in total. The first kappa shape index (κ1) is 13.8. The molecule has 6 nitrogen and oxygen atoms in total.